The third-order valence-corrected chi connectivity index (χ3v) is 9.48. The normalized spacial score (nSPS) is 31.1. The van der Waals surface area contributed by atoms with Crippen LogP contribution in [0.2, 0.25) is 5.02 Å². The largest absolute Gasteiger partial charge is 0.461 e. The summed E-state index contributed by atoms with van der Waals surface area (Å²) >= 11 is 6.20. The summed E-state index contributed by atoms with van der Waals surface area (Å²) in [5.41, 5.74) is 5.57. The number of hydrogen-bond acceptors (Lipinski definition) is 4. The fourth-order valence-electron chi connectivity index (χ4n) is 7.21. The molecule has 2 fully saturated rings. The van der Waals surface area contributed by atoms with Gasteiger partial charge < -0.3 is 4.74 Å². The van der Waals surface area contributed by atoms with Gasteiger partial charge in [-0.15, -0.1) is 0 Å². The molecule has 0 radical (unpaired) electrons. The minimum Gasteiger partial charge on any atom is -0.461 e. The number of carbonyl (C=O) groups is 1. The molecule has 2 aromatic carbocycles. The third kappa shape index (κ3) is 4.80. The Labute approximate surface area is 225 Å². The number of allylic oxidation sites excluding steroid dienone is 3. The first-order valence-corrected chi connectivity index (χ1v) is 14.2. The first kappa shape index (κ1) is 24.9. The summed E-state index contributed by atoms with van der Waals surface area (Å²) in [6, 6.07) is 19.2. The molecule has 0 aromatic heterocycles. The quantitative estimate of drug-likeness (QED) is 0.438. The van der Waals surface area contributed by atoms with Gasteiger partial charge in [0, 0.05) is 43.7 Å². The van der Waals surface area contributed by atoms with Crippen molar-refractivity contribution < 1.29 is 9.53 Å². The molecule has 2 aromatic rings. The molecule has 0 bridgehead atoms. The van der Waals surface area contributed by atoms with E-state index < -0.39 is 0 Å². The van der Waals surface area contributed by atoms with E-state index in [1.807, 2.05) is 12.1 Å². The Hall–Kier alpha value is -2.40. The number of esters is 1. The number of carbonyl (C=O) groups excluding carboxylic acids is 1. The molecule has 0 spiro atoms. The highest BCUT2D eigenvalue weighted by atomic mass is 35.5. The number of nitrogens with zero attached hydrogens (tertiary/aromatic N) is 2. The molecule has 2 saturated heterocycles. The number of piperazine rings is 1. The fourth-order valence-corrected chi connectivity index (χ4v) is 7.34. The van der Waals surface area contributed by atoms with Crippen molar-refractivity contribution in [3.8, 4) is 0 Å². The molecule has 2 aliphatic heterocycles. The van der Waals surface area contributed by atoms with Gasteiger partial charge in [0.2, 0.25) is 0 Å². The van der Waals surface area contributed by atoms with Gasteiger partial charge in [0.25, 0.3) is 0 Å². The number of halogens is 1. The van der Waals surface area contributed by atoms with Crippen LogP contribution in [-0.2, 0) is 9.53 Å². The third-order valence-electron chi connectivity index (χ3n) is 9.22. The van der Waals surface area contributed by atoms with Gasteiger partial charge in [-0.2, -0.15) is 0 Å². The van der Waals surface area contributed by atoms with Crippen LogP contribution in [0.15, 0.2) is 77.9 Å². The molecule has 5 atom stereocenters. The van der Waals surface area contributed by atoms with Gasteiger partial charge >= 0.3 is 5.97 Å². The number of fused-ring (bicyclic) bond motifs is 2. The minimum absolute atomic E-state index is 0.00138. The molecule has 4 aliphatic rings. The molecule has 6 rings (SSSR count). The van der Waals surface area contributed by atoms with Crippen molar-refractivity contribution in [1.82, 2.24) is 9.80 Å². The standard InChI is InChI=1S/C32H37ClN2O2/c1-22-7-6-14-32(2)20-29-26(19-28(22)32)27(31(36)37-29)21-34-15-17-35(18-16-34)30(23-8-4-3-5-9-23)24-10-12-25(33)13-11-24/h3-5,7-13,19,26-27,29-30H,6,14-18,20-21H2,1-2H3/t26-,27+,29-,30+,32-/m1/s1. The fraction of sp³-hybridized carbons (Fsp3) is 0.469. The second kappa shape index (κ2) is 10.1. The maximum absolute atomic E-state index is 13.1. The topological polar surface area (TPSA) is 32.8 Å². The van der Waals surface area contributed by atoms with Gasteiger partial charge in [-0.3, -0.25) is 14.6 Å². The van der Waals surface area contributed by atoms with Crippen molar-refractivity contribution in [1.29, 1.82) is 0 Å². The number of ether oxygens (including phenoxy) is 1. The van der Waals surface area contributed by atoms with Crippen LogP contribution in [0.25, 0.3) is 0 Å². The average molecular weight is 517 g/mol. The molecule has 194 valence electrons. The van der Waals surface area contributed by atoms with Crippen LogP contribution in [-0.4, -0.2) is 54.6 Å². The first-order chi connectivity index (χ1) is 17.9. The predicted molar refractivity (Wildman–Crippen MR) is 148 cm³/mol. The Kier molecular flexibility index (Phi) is 6.77. The summed E-state index contributed by atoms with van der Waals surface area (Å²) in [5.74, 6) is 0.132. The SMILES string of the molecule is CC1=CCC[C@]2(C)C[C@H]3OC(=O)[C@@H](CN4CCN([C@@H](c5ccccc5)c5ccc(Cl)cc5)CC4)[C@H]3C=C12. The van der Waals surface area contributed by atoms with Crippen molar-refractivity contribution in [2.24, 2.45) is 17.3 Å². The molecular weight excluding hydrogens is 480 g/mol. The summed E-state index contributed by atoms with van der Waals surface area (Å²) in [5, 5.41) is 0.763. The monoisotopic (exact) mass is 516 g/mol. The number of benzene rings is 2. The van der Waals surface area contributed by atoms with E-state index in [1.165, 1.54) is 22.3 Å². The average Bonchev–Trinajstić information content (AvgIpc) is 3.19. The van der Waals surface area contributed by atoms with Crippen molar-refractivity contribution in [2.75, 3.05) is 32.7 Å². The van der Waals surface area contributed by atoms with E-state index in [1.54, 1.807) is 0 Å². The minimum atomic E-state index is -0.0653. The lowest BCUT2D eigenvalue weighted by molar-refractivity contribution is -0.145. The van der Waals surface area contributed by atoms with Gasteiger partial charge in [0.15, 0.2) is 0 Å². The van der Waals surface area contributed by atoms with Crippen LogP contribution in [0.1, 0.15) is 50.3 Å². The lowest BCUT2D eigenvalue weighted by Crippen LogP contribution is -2.50. The van der Waals surface area contributed by atoms with Crippen LogP contribution in [0.5, 0.6) is 0 Å². The van der Waals surface area contributed by atoms with Crippen LogP contribution < -0.4 is 0 Å². The van der Waals surface area contributed by atoms with E-state index in [2.05, 4.69) is 78.3 Å². The highest BCUT2D eigenvalue weighted by Crippen LogP contribution is 2.52. The van der Waals surface area contributed by atoms with Gasteiger partial charge in [-0.05, 0) is 60.4 Å². The lowest BCUT2D eigenvalue weighted by Gasteiger charge is -2.43. The molecular formula is C32H37ClN2O2. The lowest BCUT2D eigenvalue weighted by atomic mass is 9.62. The summed E-state index contributed by atoms with van der Waals surface area (Å²) in [7, 11) is 0. The second-order valence-corrected chi connectivity index (χ2v) is 12.1. The zero-order chi connectivity index (χ0) is 25.6. The van der Waals surface area contributed by atoms with E-state index >= 15 is 0 Å². The van der Waals surface area contributed by atoms with Crippen molar-refractivity contribution >= 4 is 17.6 Å². The van der Waals surface area contributed by atoms with Crippen molar-refractivity contribution in [3.63, 3.8) is 0 Å². The Morgan fingerprint density at radius 1 is 1.03 bits per heavy atom. The van der Waals surface area contributed by atoms with E-state index in [0.29, 0.717) is 0 Å². The van der Waals surface area contributed by atoms with E-state index in [0.717, 1.165) is 57.0 Å². The summed E-state index contributed by atoms with van der Waals surface area (Å²) in [4.78, 5) is 18.1. The van der Waals surface area contributed by atoms with Gasteiger partial charge in [-0.25, -0.2) is 0 Å². The Morgan fingerprint density at radius 3 is 2.46 bits per heavy atom. The molecule has 0 unspecified atom stereocenters. The highest BCUT2D eigenvalue weighted by molar-refractivity contribution is 6.30. The molecule has 0 saturated carbocycles. The smallest absolute Gasteiger partial charge is 0.311 e. The van der Waals surface area contributed by atoms with Crippen LogP contribution >= 0.6 is 11.6 Å². The molecule has 37 heavy (non-hydrogen) atoms. The zero-order valence-electron chi connectivity index (χ0n) is 21.9. The van der Waals surface area contributed by atoms with E-state index in [-0.39, 0.29) is 35.4 Å². The first-order valence-electron chi connectivity index (χ1n) is 13.8. The predicted octanol–water partition coefficient (Wildman–Crippen LogP) is 6.28. The number of hydrogen-bond donors (Lipinski definition) is 0. The molecule has 0 N–H and O–H groups in total. The summed E-state index contributed by atoms with van der Waals surface area (Å²) in [6.07, 6.45) is 8.05. The Bertz CT molecular complexity index is 1200. The number of rotatable bonds is 5. The van der Waals surface area contributed by atoms with Crippen molar-refractivity contribution in [2.45, 2.75) is 45.3 Å². The maximum Gasteiger partial charge on any atom is 0.311 e. The molecule has 2 aliphatic carbocycles. The molecule has 4 nitrogen and oxygen atoms in total. The molecule has 0 amide bonds. The van der Waals surface area contributed by atoms with Crippen molar-refractivity contribution in [3.05, 3.63) is 94.0 Å². The maximum atomic E-state index is 13.1. The summed E-state index contributed by atoms with van der Waals surface area (Å²) < 4.78 is 6.00. The second-order valence-electron chi connectivity index (χ2n) is 11.6. The van der Waals surface area contributed by atoms with Crippen LogP contribution in [0, 0.1) is 17.3 Å². The summed E-state index contributed by atoms with van der Waals surface area (Å²) in [6.45, 7) is 9.19. The zero-order valence-corrected chi connectivity index (χ0v) is 22.7. The highest BCUT2D eigenvalue weighted by Gasteiger charge is 2.51. The van der Waals surface area contributed by atoms with Gasteiger partial charge in [0.1, 0.15) is 6.10 Å². The van der Waals surface area contributed by atoms with Crippen LogP contribution in [0.3, 0.4) is 0 Å². The van der Waals surface area contributed by atoms with E-state index in [9.17, 15) is 4.79 Å². The Balaban J connectivity index is 1.16. The van der Waals surface area contributed by atoms with E-state index in [4.69, 9.17) is 16.3 Å². The van der Waals surface area contributed by atoms with Crippen LogP contribution in [0.4, 0.5) is 0 Å². The Morgan fingerprint density at radius 2 is 1.73 bits per heavy atom. The molecule has 5 heteroatoms. The van der Waals surface area contributed by atoms with Gasteiger partial charge in [0.05, 0.1) is 12.0 Å². The van der Waals surface area contributed by atoms with Gasteiger partial charge in [-0.1, -0.05) is 78.7 Å². The molecule has 2 heterocycles.